The molecule has 0 aliphatic carbocycles. The number of likely N-dealkylation sites (tertiary alicyclic amines) is 1. The molecule has 1 aliphatic heterocycles. The molecule has 0 amide bonds. The third kappa shape index (κ3) is 7.56. The van der Waals surface area contributed by atoms with Gasteiger partial charge in [-0.15, -0.1) is 16.2 Å². The van der Waals surface area contributed by atoms with Crippen molar-refractivity contribution in [1.82, 2.24) is 8.72 Å². The molecule has 36 heavy (non-hydrogen) atoms. The lowest BCUT2D eigenvalue weighted by molar-refractivity contribution is 0.224. The van der Waals surface area contributed by atoms with Crippen molar-refractivity contribution in [2.75, 3.05) is 19.6 Å². The minimum absolute atomic E-state index is 0. The van der Waals surface area contributed by atoms with Gasteiger partial charge in [-0.05, 0) is 97.9 Å². The van der Waals surface area contributed by atoms with E-state index >= 15 is 0 Å². The number of benzene rings is 3. The van der Waals surface area contributed by atoms with Crippen molar-refractivity contribution in [3.63, 3.8) is 0 Å². The Balaban J connectivity index is 0.00000361. The van der Waals surface area contributed by atoms with Gasteiger partial charge >= 0.3 is 0 Å². The first-order valence-corrected chi connectivity index (χ1v) is 14.5. The number of hydrogen-bond donors (Lipinski definition) is 0. The van der Waals surface area contributed by atoms with Crippen LogP contribution in [0.5, 0.6) is 0 Å². The number of unbranched alkanes of at least 4 members (excludes halogenated alkanes) is 2. The number of sulfonamides is 1. The molecule has 1 heterocycles. The highest BCUT2D eigenvalue weighted by Gasteiger charge is 2.24. The molecule has 3 aromatic carbocycles. The third-order valence-electron chi connectivity index (χ3n) is 6.80. The fourth-order valence-electron chi connectivity index (χ4n) is 4.89. The molecule has 7 heteroatoms. The number of hydrogen-bond acceptors (Lipinski definition) is 3. The zero-order valence-corrected chi connectivity index (χ0v) is 23.1. The van der Waals surface area contributed by atoms with Crippen molar-refractivity contribution in [3.8, 4) is 11.1 Å². The van der Waals surface area contributed by atoms with Gasteiger partial charge in [0, 0.05) is 0 Å². The zero-order valence-electron chi connectivity index (χ0n) is 20.7. The Hall–Kier alpha value is -1.89. The Morgan fingerprint density at radius 1 is 0.778 bits per heavy atom. The molecule has 0 bridgehead atoms. The van der Waals surface area contributed by atoms with Crippen molar-refractivity contribution >= 4 is 34.2 Å². The van der Waals surface area contributed by atoms with Gasteiger partial charge < -0.3 is 4.90 Å². The van der Waals surface area contributed by atoms with Gasteiger partial charge in [0.1, 0.15) is 0 Å². The van der Waals surface area contributed by atoms with Crippen LogP contribution < -0.4 is 0 Å². The molecule has 0 radical (unpaired) electrons. The minimum Gasteiger partial charge on any atom is -0.303 e. The van der Waals surface area contributed by atoms with E-state index in [1.807, 2.05) is 30.3 Å². The highest BCUT2D eigenvalue weighted by Crippen LogP contribution is 2.30. The standard InChI is InChI=1S/C29H35ClN2O2S.ClH/c30-32(35(33,34)27-17-7-2-8-18-27)24-26-16-13-20-28(25-14-5-1-6-15-25)29(26)19-9-3-10-21-31-22-11-4-12-23-31;/h1-2,5-8,13-18,20H,3-4,9-12,19,21-24H2;1H. The van der Waals surface area contributed by atoms with Crippen LogP contribution in [0.1, 0.15) is 49.7 Å². The van der Waals surface area contributed by atoms with Crippen LogP contribution in [0.25, 0.3) is 11.1 Å². The van der Waals surface area contributed by atoms with E-state index in [0.29, 0.717) is 0 Å². The fourth-order valence-corrected chi connectivity index (χ4v) is 6.30. The minimum atomic E-state index is -3.78. The van der Waals surface area contributed by atoms with E-state index in [0.717, 1.165) is 39.8 Å². The first-order valence-electron chi connectivity index (χ1n) is 12.7. The summed E-state index contributed by atoms with van der Waals surface area (Å²) in [5.41, 5.74) is 4.44. The summed E-state index contributed by atoms with van der Waals surface area (Å²) < 4.78 is 27.0. The molecule has 0 unspecified atom stereocenters. The monoisotopic (exact) mass is 546 g/mol. The largest absolute Gasteiger partial charge is 0.303 e. The lowest BCUT2D eigenvalue weighted by Gasteiger charge is -2.26. The van der Waals surface area contributed by atoms with Gasteiger partial charge in [0.15, 0.2) is 0 Å². The number of halogens is 2. The molecule has 0 spiro atoms. The summed E-state index contributed by atoms with van der Waals surface area (Å²) in [6, 6.07) is 24.8. The molecule has 1 aliphatic rings. The zero-order chi connectivity index (χ0) is 24.5. The number of rotatable bonds is 11. The van der Waals surface area contributed by atoms with E-state index < -0.39 is 10.0 Å². The fraction of sp³-hybridized carbons (Fsp3) is 0.379. The Morgan fingerprint density at radius 2 is 1.44 bits per heavy atom. The molecule has 0 N–H and O–H groups in total. The summed E-state index contributed by atoms with van der Waals surface area (Å²) in [4.78, 5) is 2.79. The summed E-state index contributed by atoms with van der Waals surface area (Å²) in [7, 11) is -3.78. The molecule has 0 saturated carbocycles. The first kappa shape index (κ1) is 28.7. The topological polar surface area (TPSA) is 40.6 Å². The van der Waals surface area contributed by atoms with E-state index in [1.165, 1.54) is 50.9 Å². The second kappa shape index (κ2) is 14.2. The molecular weight excluding hydrogens is 511 g/mol. The van der Waals surface area contributed by atoms with Crippen LogP contribution in [0.4, 0.5) is 0 Å². The van der Waals surface area contributed by atoms with Gasteiger partial charge in [-0.2, -0.15) is 0 Å². The maximum absolute atomic E-state index is 13.0. The van der Waals surface area contributed by atoms with Crippen molar-refractivity contribution < 1.29 is 8.42 Å². The van der Waals surface area contributed by atoms with Gasteiger partial charge in [0.2, 0.25) is 0 Å². The van der Waals surface area contributed by atoms with Crippen LogP contribution in [0.2, 0.25) is 0 Å². The molecule has 0 atom stereocenters. The third-order valence-corrected chi connectivity index (χ3v) is 8.99. The van der Waals surface area contributed by atoms with Gasteiger partial charge in [0.05, 0.1) is 11.4 Å². The summed E-state index contributed by atoms with van der Waals surface area (Å²) in [5.74, 6) is 0. The van der Waals surface area contributed by atoms with E-state index in [1.54, 1.807) is 30.3 Å². The normalized spacial score (nSPS) is 14.5. The van der Waals surface area contributed by atoms with Crippen LogP contribution in [0, 0.1) is 0 Å². The number of nitrogens with zero attached hydrogens (tertiary/aromatic N) is 2. The first-order chi connectivity index (χ1) is 17.1. The van der Waals surface area contributed by atoms with Gasteiger partial charge in [-0.25, -0.2) is 8.42 Å². The van der Waals surface area contributed by atoms with Gasteiger partial charge in [-0.3, -0.25) is 0 Å². The van der Waals surface area contributed by atoms with Crippen LogP contribution in [0.3, 0.4) is 0 Å². The summed E-state index contributed by atoms with van der Waals surface area (Å²) >= 11 is 6.42. The molecule has 4 nitrogen and oxygen atoms in total. The predicted molar refractivity (Wildman–Crippen MR) is 152 cm³/mol. The molecular formula is C29H36Cl2N2O2S. The van der Waals surface area contributed by atoms with Crippen LogP contribution in [-0.4, -0.2) is 36.8 Å². The summed E-state index contributed by atoms with van der Waals surface area (Å²) in [6.07, 6.45) is 8.35. The SMILES string of the molecule is Cl.O=S(=O)(c1ccccc1)N(Cl)Cc1cccc(-c2ccccc2)c1CCCCCN1CCCCC1. The Bertz CT molecular complexity index is 1170. The Kier molecular flexibility index (Phi) is 11.3. The van der Waals surface area contributed by atoms with Gasteiger partial charge in [-0.1, -0.05) is 79.6 Å². The molecule has 0 aromatic heterocycles. The summed E-state index contributed by atoms with van der Waals surface area (Å²) in [5, 5.41) is 0. The Morgan fingerprint density at radius 3 is 2.14 bits per heavy atom. The molecule has 1 fully saturated rings. The smallest absolute Gasteiger partial charge is 0.256 e. The predicted octanol–water partition coefficient (Wildman–Crippen LogP) is 7.32. The molecule has 194 valence electrons. The van der Waals surface area contributed by atoms with Crippen molar-refractivity contribution in [2.45, 2.75) is 56.4 Å². The van der Waals surface area contributed by atoms with E-state index in [-0.39, 0.29) is 23.8 Å². The van der Waals surface area contributed by atoms with Crippen LogP contribution >= 0.6 is 24.2 Å². The van der Waals surface area contributed by atoms with Crippen LogP contribution in [0.15, 0.2) is 83.8 Å². The molecule has 1 saturated heterocycles. The van der Waals surface area contributed by atoms with Crippen molar-refractivity contribution in [3.05, 3.63) is 90.0 Å². The average Bonchev–Trinajstić information content (AvgIpc) is 2.90. The highest BCUT2D eigenvalue weighted by atomic mass is 35.5. The number of piperidine rings is 1. The maximum atomic E-state index is 13.0. The van der Waals surface area contributed by atoms with Gasteiger partial charge in [0.25, 0.3) is 10.0 Å². The summed E-state index contributed by atoms with van der Waals surface area (Å²) in [6.45, 7) is 3.78. The Labute approximate surface area is 227 Å². The lowest BCUT2D eigenvalue weighted by atomic mass is 9.91. The maximum Gasteiger partial charge on any atom is 0.256 e. The highest BCUT2D eigenvalue weighted by molar-refractivity contribution is 7.90. The second-order valence-corrected chi connectivity index (χ2v) is 11.8. The van der Waals surface area contributed by atoms with Crippen molar-refractivity contribution in [1.29, 1.82) is 0 Å². The van der Waals surface area contributed by atoms with E-state index in [9.17, 15) is 8.42 Å². The van der Waals surface area contributed by atoms with E-state index in [4.69, 9.17) is 11.8 Å². The van der Waals surface area contributed by atoms with Crippen LogP contribution in [-0.2, 0) is 23.0 Å². The average molecular weight is 548 g/mol. The molecule has 3 aromatic rings. The quantitative estimate of drug-likeness (QED) is 0.187. The van der Waals surface area contributed by atoms with E-state index in [2.05, 4.69) is 23.1 Å². The lowest BCUT2D eigenvalue weighted by Crippen LogP contribution is -2.30. The van der Waals surface area contributed by atoms with Crippen molar-refractivity contribution in [2.24, 2.45) is 0 Å². The second-order valence-electron chi connectivity index (χ2n) is 9.29. The molecule has 4 rings (SSSR count).